The maximum Gasteiger partial charge on any atom is 0.241 e. The molecule has 7 heteroatoms. The van der Waals surface area contributed by atoms with E-state index in [-0.39, 0.29) is 11.8 Å². The highest BCUT2D eigenvalue weighted by molar-refractivity contribution is 9.10. The van der Waals surface area contributed by atoms with Gasteiger partial charge in [0.25, 0.3) is 0 Å². The Balaban J connectivity index is 1.38. The molecule has 1 aromatic heterocycles. The minimum absolute atomic E-state index is 0.0491. The van der Waals surface area contributed by atoms with Gasteiger partial charge in [-0.05, 0) is 57.0 Å². The summed E-state index contributed by atoms with van der Waals surface area (Å²) in [5.41, 5.74) is 4.07. The molecule has 1 amide bonds. The third kappa shape index (κ3) is 4.96. The van der Waals surface area contributed by atoms with Crippen LogP contribution in [-0.4, -0.2) is 34.0 Å². The first-order valence-electron chi connectivity index (χ1n) is 10.2. The van der Waals surface area contributed by atoms with Crippen molar-refractivity contribution in [3.63, 3.8) is 0 Å². The minimum Gasteiger partial charge on any atom is -0.338 e. The van der Waals surface area contributed by atoms with Crippen molar-refractivity contribution in [3.05, 3.63) is 64.0 Å². The summed E-state index contributed by atoms with van der Waals surface area (Å²) in [6.45, 7) is 6.23. The molecule has 0 radical (unpaired) electrons. The van der Waals surface area contributed by atoms with Gasteiger partial charge in [-0.15, -0.1) is 0 Å². The van der Waals surface area contributed by atoms with Crippen molar-refractivity contribution >= 4 is 27.5 Å². The number of nitrogens with zero attached hydrogens (tertiary/aromatic N) is 3. The van der Waals surface area contributed by atoms with Gasteiger partial charge in [0.05, 0.1) is 12.5 Å². The second kappa shape index (κ2) is 9.10. The number of carbonyl (C=O) groups is 1. The van der Waals surface area contributed by atoms with Crippen LogP contribution in [0.1, 0.15) is 29.9 Å². The summed E-state index contributed by atoms with van der Waals surface area (Å²) in [7, 11) is 0. The van der Waals surface area contributed by atoms with Crippen molar-refractivity contribution in [1.82, 2.24) is 15.0 Å². The molecular formula is C23H25BrN4O2. The summed E-state index contributed by atoms with van der Waals surface area (Å²) in [5, 5.41) is 7.21. The summed E-state index contributed by atoms with van der Waals surface area (Å²) in [6, 6.07) is 13.9. The van der Waals surface area contributed by atoms with Crippen LogP contribution in [0, 0.1) is 19.8 Å². The van der Waals surface area contributed by atoms with Crippen LogP contribution in [0.15, 0.2) is 51.5 Å². The fraction of sp³-hybridized carbons (Fsp3) is 0.348. The monoisotopic (exact) mass is 468 g/mol. The number of aryl methyl sites for hydroxylation is 2. The number of benzene rings is 2. The van der Waals surface area contributed by atoms with Crippen molar-refractivity contribution in [2.24, 2.45) is 5.92 Å². The van der Waals surface area contributed by atoms with Crippen LogP contribution in [0.25, 0.3) is 11.4 Å². The smallest absolute Gasteiger partial charge is 0.241 e. The van der Waals surface area contributed by atoms with Crippen molar-refractivity contribution in [2.75, 3.05) is 18.4 Å². The van der Waals surface area contributed by atoms with E-state index in [4.69, 9.17) is 4.52 Å². The zero-order valence-corrected chi connectivity index (χ0v) is 18.8. The number of rotatable bonds is 5. The van der Waals surface area contributed by atoms with Crippen LogP contribution in [0.3, 0.4) is 0 Å². The lowest BCUT2D eigenvalue weighted by Crippen LogP contribution is -2.40. The van der Waals surface area contributed by atoms with Crippen LogP contribution < -0.4 is 5.32 Å². The number of likely N-dealkylation sites (tertiary alicyclic amines) is 1. The van der Waals surface area contributed by atoms with Gasteiger partial charge < -0.3 is 9.84 Å². The van der Waals surface area contributed by atoms with E-state index in [1.54, 1.807) is 0 Å². The van der Waals surface area contributed by atoms with Gasteiger partial charge in [-0.3, -0.25) is 9.69 Å². The van der Waals surface area contributed by atoms with Gasteiger partial charge in [0.1, 0.15) is 0 Å². The maximum absolute atomic E-state index is 12.8. The summed E-state index contributed by atoms with van der Waals surface area (Å²) in [6.07, 6.45) is 1.86. The molecule has 0 aliphatic carbocycles. The zero-order chi connectivity index (χ0) is 21.1. The average molecular weight is 469 g/mol. The molecule has 1 saturated heterocycles. The molecule has 1 N–H and O–H groups in total. The molecule has 1 fully saturated rings. The summed E-state index contributed by atoms with van der Waals surface area (Å²) < 4.78 is 6.43. The third-order valence-electron chi connectivity index (χ3n) is 5.43. The van der Waals surface area contributed by atoms with Crippen molar-refractivity contribution in [2.45, 2.75) is 33.2 Å². The van der Waals surface area contributed by atoms with Gasteiger partial charge in [0, 0.05) is 22.3 Å². The average Bonchev–Trinajstić information content (AvgIpc) is 3.19. The molecule has 3 aromatic rings. The lowest BCUT2D eigenvalue weighted by Gasteiger charge is -2.31. The van der Waals surface area contributed by atoms with Gasteiger partial charge in [-0.25, -0.2) is 0 Å². The van der Waals surface area contributed by atoms with Crippen LogP contribution in [0.5, 0.6) is 0 Å². The predicted molar refractivity (Wildman–Crippen MR) is 120 cm³/mol. The topological polar surface area (TPSA) is 71.3 Å². The molecular weight excluding hydrogens is 444 g/mol. The van der Waals surface area contributed by atoms with Crippen molar-refractivity contribution < 1.29 is 9.32 Å². The van der Waals surface area contributed by atoms with E-state index in [1.165, 1.54) is 5.56 Å². The lowest BCUT2D eigenvalue weighted by molar-refractivity contribution is -0.121. The summed E-state index contributed by atoms with van der Waals surface area (Å²) in [4.78, 5) is 19.6. The molecule has 1 aliphatic heterocycles. The number of hydrogen-bond donors (Lipinski definition) is 1. The Bertz CT molecular complexity index is 1050. The highest BCUT2D eigenvalue weighted by atomic mass is 79.9. The molecule has 4 rings (SSSR count). The van der Waals surface area contributed by atoms with Crippen LogP contribution >= 0.6 is 15.9 Å². The summed E-state index contributed by atoms with van der Waals surface area (Å²) in [5.74, 6) is 1.17. The Morgan fingerprint density at radius 2 is 2.13 bits per heavy atom. The second-order valence-corrected chi connectivity index (χ2v) is 8.82. The minimum atomic E-state index is -0.0491. The maximum atomic E-state index is 12.8. The molecule has 1 aliphatic rings. The van der Waals surface area contributed by atoms with Gasteiger partial charge in [0.15, 0.2) is 0 Å². The molecule has 156 valence electrons. The molecule has 2 aromatic carbocycles. The number of piperidine rings is 1. The number of anilines is 1. The third-order valence-corrected chi connectivity index (χ3v) is 5.92. The standard InChI is InChI=1S/C23H25BrN4O2/c1-15-8-9-20(16(2)11-15)25-23(29)18-6-4-10-28(13-18)14-21-26-22(27-30-21)17-5-3-7-19(24)12-17/h3,5,7-9,11-12,18H,4,6,10,13-14H2,1-2H3,(H,25,29). The number of halogens is 1. The van der Waals surface area contributed by atoms with Gasteiger partial charge in [-0.2, -0.15) is 4.98 Å². The molecule has 6 nitrogen and oxygen atoms in total. The van der Waals surface area contributed by atoms with E-state index in [0.29, 0.717) is 24.8 Å². The van der Waals surface area contributed by atoms with Gasteiger partial charge in [-0.1, -0.05) is 50.9 Å². The van der Waals surface area contributed by atoms with Crippen LogP contribution in [-0.2, 0) is 11.3 Å². The Kier molecular flexibility index (Phi) is 6.29. The quantitative estimate of drug-likeness (QED) is 0.572. The number of aromatic nitrogens is 2. The fourth-order valence-corrected chi connectivity index (χ4v) is 4.26. The number of nitrogens with one attached hydrogen (secondary N) is 1. The van der Waals surface area contributed by atoms with Crippen LogP contribution in [0.4, 0.5) is 5.69 Å². The molecule has 0 bridgehead atoms. The molecule has 0 spiro atoms. The lowest BCUT2D eigenvalue weighted by atomic mass is 9.96. The highest BCUT2D eigenvalue weighted by Gasteiger charge is 2.27. The first-order chi connectivity index (χ1) is 14.5. The van der Waals surface area contributed by atoms with Crippen LogP contribution in [0.2, 0.25) is 0 Å². The van der Waals surface area contributed by atoms with Crippen molar-refractivity contribution in [1.29, 1.82) is 0 Å². The molecule has 2 heterocycles. The first kappa shape index (κ1) is 20.8. The van der Waals surface area contributed by atoms with E-state index >= 15 is 0 Å². The zero-order valence-electron chi connectivity index (χ0n) is 17.2. The Morgan fingerprint density at radius 3 is 2.93 bits per heavy atom. The highest BCUT2D eigenvalue weighted by Crippen LogP contribution is 2.24. The van der Waals surface area contributed by atoms with Crippen molar-refractivity contribution in [3.8, 4) is 11.4 Å². The predicted octanol–water partition coefficient (Wildman–Crippen LogP) is 4.97. The largest absolute Gasteiger partial charge is 0.338 e. The molecule has 0 saturated carbocycles. The summed E-state index contributed by atoms with van der Waals surface area (Å²) >= 11 is 3.47. The van der Waals surface area contributed by atoms with Gasteiger partial charge in [0.2, 0.25) is 17.6 Å². The van der Waals surface area contributed by atoms with E-state index in [9.17, 15) is 4.79 Å². The number of amides is 1. The normalized spacial score (nSPS) is 17.1. The van der Waals surface area contributed by atoms with E-state index in [1.807, 2.05) is 43.3 Å². The second-order valence-electron chi connectivity index (χ2n) is 7.90. The molecule has 1 unspecified atom stereocenters. The Morgan fingerprint density at radius 1 is 1.27 bits per heavy atom. The van der Waals surface area contributed by atoms with E-state index < -0.39 is 0 Å². The van der Waals surface area contributed by atoms with E-state index in [0.717, 1.165) is 40.7 Å². The van der Waals surface area contributed by atoms with Gasteiger partial charge >= 0.3 is 0 Å². The molecule has 1 atom stereocenters. The Hall–Kier alpha value is -2.51. The SMILES string of the molecule is Cc1ccc(NC(=O)C2CCCN(Cc3nc(-c4cccc(Br)c4)no3)C2)c(C)c1. The fourth-order valence-electron chi connectivity index (χ4n) is 3.86. The number of hydrogen-bond acceptors (Lipinski definition) is 5. The Labute approximate surface area is 184 Å². The number of carbonyl (C=O) groups excluding carboxylic acids is 1. The molecule has 30 heavy (non-hydrogen) atoms. The first-order valence-corrected chi connectivity index (χ1v) is 11.0. The van der Waals surface area contributed by atoms with E-state index in [2.05, 4.69) is 49.3 Å².